The lowest BCUT2D eigenvalue weighted by molar-refractivity contribution is -0.141. The molecule has 0 bridgehead atoms. The van der Waals surface area contributed by atoms with Gasteiger partial charge in [0.2, 0.25) is 11.8 Å². The summed E-state index contributed by atoms with van der Waals surface area (Å²) in [7, 11) is -2.21. The molecule has 0 unspecified atom stereocenters. The van der Waals surface area contributed by atoms with Crippen molar-refractivity contribution in [2.45, 2.75) is 51.1 Å². The van der Waals surface area contributed by atoms with E-state index in [2.05, 4.69) is 20.3 Å². The molecular formula is C23H26ClF4N5O5Si. The zero-order valence-corrected chi connectivity index (χ0v) is 23.1. The van der Waals surface area contributed by atoms with Crippen molar-refractivity contribution in [1.82, 2.24) is 19.9 Å². The van der Waals surface area contributed by atoms with Gasteiger partial charge < -0.3 is 19.8 Å². The smallest absolute Gasteiger partial charge is 0.434 e. The van der Waals surface area contributed by atoms with E-state index in [1.807, 2.05) is 0 Å². The molecule has 0 aliphatic carbocycles. The Labute approximate surface area is 227 Å². The summed E-state index contributed by atoms with van der Waals surface area (Å²) in [6.45, 7) is 4.48. The molecule has 1 aromatic heterocycles. The lowest BCUT2D eigenvalue weighted by Crippen LogP contribution is -2.60. The Morgan fingerprint density at radius 1 is 1.21 bits per heavy atom. The monoisotopic (exact) mass is 591 g/mol. The topological polar surface area (TPSA) is 123 Å². The van der Waals surface area contributed by atoms with Gasteiger partial charge in [-0.3, -0.25) is 19.5 Å². The molecule has 1 aliphatic rings. The number of hydrogen-bond acceptors (Lipinski definition) is 7. The SMILES string of the molecule is CC(C)(C)OC(=O)N1C[Si@@H](NC(=O)COc2ccc(Cl)c(F)c2)CC[C@@H]1C(=O)Nc1cncc(C(F)(F)F)n1. The van der Waals surface area contributed by atoms with Crippen LogP contribution in [0.4, 0.5) is 28.2 Å². The van der Waals surface area contributed by atoms with Crippen LogP contribution >= 0.6 is 11.6 Å². The summed E-state index contributed by atoms with van der Waals surface area (Å²) >= 11 is 5.63. The van der Waals surface area contributed by atoms with E-state index < -0.39 is 68.6 Å². The van der Waals surface area contributed by atoms with Gasteiger partial charge in [-0.05, 0) is 45.4 Å². The van der Waals surface area contributed by atoms with E-state index in [1.54, 1.807) is 20.8 Å². The highest BCUT2D eigenvalue weighted by Gasteiger charge is 2.40. The molecule has 0 saturated carbocycles. The molecule has 212 valence electrons. The van der Waals surface area contributed by atoms with E-state index in [0.717, 1.165) is 17.2 Å². The average molecular weight is 592 g/mol. The third-order valence-corrected chi connectivity index (χ3v) is 8.22. The second-order valence-corrected chi connectivity index (χ2v) is 12.7. The van der Waals surface area contributed by atoms with Gasteiger partial charge in [-0.2, -0.15) is 13.2 Å². The minimum Gasteiger partial charge on any atom is -0.484 e. The van der Waals surface area contributed by atoms with Gasteiger partial charge in [-0.1, -0.05) is 11.6 Å². The van der Waals surface area contributed by atoms with Crippen LogP contribution in [0.25, 0.3) is 0 Å². The molecule has 2 heterocycles. The van der Waals surface area contributed by atoms with Crippen molar-refractivity contribution in [1.29, 1.82) is 0 Å². The molecule has 1 saturated heterocycles. The van der Waals surface area contributed by atoms with Crippen molar-refractivity contribution in [3.05, 3.63) is 47.1 Å². The van der Waals surface area contributed by atoms with Crippen molar-refractivity contribution in [3.63, 3.8) is 0 Å². The normalized spacial score (nSPS) is 17.8. The first-order chi connectivity index (χ1) is 18.1. The Morgan fingerprint density at radius 2 is 1.92 bits per heavy atom. The molecule has 2 atom stereocenters. The largest absolute Gasteiger partial charge is 0.484 e. The van der Waals surface area contributed by atoms with Crippen LogP contribution in [0.3, 0.4) is 0 Å². The third-order valence-electron chi connectivity index (χ3n) is 5.31. The highest BCUT2D eigenvalue weighted by atomic mass is 35.5. The van der Waals surface area contributed by atoms with Gasteiger partial charge >= 0.3 is 12.3 Å². The zero-order valence-electron chi connectivity index (χ0n) is 21.1. The molecule has 1 aromatic carbocycles. The number of nitrogens with one attached hydrogen (secondary N) is 2. The maximum Gasteiger partial charge on any atom is 0.434 e. The highest BCUT2D eigenvalue weighted by Crippen LogP contribution is 2.28. The fourth-order valence-electron chi connectivity index (χ4n) is 3.64. The van der Waals surface area contributed by atoms with Gasteiger partial charge in [0.05, 0.1) is 17.4 Å². The van der Waals surface area contributed by atoms with Crippen LogP contribution in [-0.4, -0.2) is 66.2 Å². The van der Waals surface area contributed by atoms with Crippen LogP contribution in [0.5, 0.6) is 5.75 Å². The predicted octanol–water partition coefficient (Wildman–Crippen LogP) is 3.69. The number of halogens is 5. The fraction of sp³-hybridized carbons (Fsp3) is 0.435. The third kappa shape index (κ3) is 8.78. The summed E-state index contributed by atoms with van der Waals surface area (Å²) in [6, 6.07) is 3.02. The molecular weight excluding hydrogens is 566 g/mol. The van der Waals surface area contributed by atoms with Gasteiger partial charge in [-0.25, -0.2) is 14.2 Å². The molecule has 3 rings (SSSR count). The number of aromatic nitrogens is 2. The van der Waals surface area contributed by atoms with Crippen molar-refractivity contribution in [3.8, 4) is 5.75 Å². The molecule has 39 heavy (non-hydrogen) atoms. The van der Waals surface area contributed by atoms with Gasteiger partial charge in [0.1, 0.15) is 23.2 Å². The quantitative estimate of drug-likeness (QED) is 0.388. The van der Waals surface area contributed by atoms with Crippen LogP contribution in [0, 0.1) is 5.82 Å². The lowest BCUT2D eigenvalue weighted by atomic mass is 10.1. The van der Waals surface area contributed by atoms with E-state index in [-0.39, 0.29) is 23.4 Å². The summed E-state index contributed by atoms with van der Waals surface area (Å²) < 4.78 is 63.2. The van der Waals surface area contributed by atoms with Crippen molar-refractivity contribution in [2.24, 2.45) is 0 Å². The minimum atomic E-state index is -4.76. The van der Waals surface area contributed by atoms with Gasteiger partial charge in [0.15, 0.2) is 27.1 Å². The van der Waals surface area contributed by atoms with E-state index >= 15 is 0 Å². The van der Waals surface area contributed by atoms with Gasteiger partial charge in [0.25, 0.3) is 0 Å². The molecule has 10 nitrogen and oxygen atoms in total. The maximum atomic E-state index is 13.6. The average Bonchev–Trinajstić information content (AvgIpc) is 2.83. The first-order valence-corrected chi connectivity index (χ1v) is 14.3. The van der Waals surface area contributed by atoms with Crippen LogP contribution in [0.2, 0.25) is 11.1 Å². The molecule has 1 aliphatic heterocycles. The summed E-state index contributed by atoms with van der Waals surface area (Å²) in [5.41, 5.74) is -2.18. The van der Waals surface area contributed by atoms with E-state index in [0.29, 0.717) is 12.2 Å². The number of carbonyl (C=O) groups is 3. The van der Waals surface area contributed by atoms with Crippen LogP contribution in [0.1, 0.15) is 32.9 Å². The number of nitrogens with zero attached hydrogens (tertiary/aromatic N) is 3. The van der Waals surface area contributed by atoms with Crippen molar-refractivity contribution < 1.29 is 41.4 Å². The summed E-state index contributed by atoms with van der Waals surface area (Å²) in [5, 5.41) is 2.19. The number of anilines is 1. The predicted molar refractivity (Wildman–Crippen MR) is 134 cm³/mol. The van der Waals surface area contributed by atoms with E-state index in [9.17, 15) is 31.9 Å². The number of hydrogen-bond donors (Lipinski definition) is 2. The summed E-state index contributed by atoms with van der Waals surface area (Å²) in [6.07, 6.45) is -3.99. The van der Waals surface area contributed by atoms with Gasteiger partial charge in [0, 0.05) is 12.2 Å². The van der Waals surface area contributed by atoms with E-state index in [4.69, 9.17) is 21.1 Å². The number of rotatable bonds is 6. The van der Waals surface area contributed by atoms with Crippen molar-refractivity contribution in [2.75, 3.05) is 18.1 Å². The Bertz CT molecular complexity index is 1230. The van der Waals surface area contributed by atoms with Crippen LogP contribution in [0.15, 0.2) is 30.6 Å². The fourth-order valence-corrected chi connectivity index (χ4v) is 6.31. The molecule has 0 radical (unpaired) electrons. The highest BCUT2D eigenvalue weighted by molar-refractivity contribution is 6.59. The van der Waals surface area contributed by atoms with Gasteiger partial charge in [-0.15, -0.1) is 0 Å². The second kappa shape index (κ2) is 12.2. The molecule has 2 aromatic rings. The van der Waals surface area contributed by atoms with E-state index in [1.165, 1.54) is 12.1 Å². The Morgan fingerprint density at radius 3 is 2.56 bits per heavy atom. The number of ether oxygens (including phenoxy) is 2. The maximum absolute atomic E-state index is 13.6. The molecule has 0 spiro atoms. The summed E-state index contributed by atoms with van der Waals surface area (Å²) in [4.78, 5) is 49.2. The Kier molecular flexibility index (Phi) is 9.37. The standard InChI is InChI=1S/C23H26ClF4N5O5Si/c1-22(2,3)38-21(36)33-12-39(32-19(34)11-37-13-4-5-14(24)15(25)8-13)7-6-16(33)20(35)31-18-10-29-9-17(30-18)23(26,27)28/h4-5,8-10,16,39H,6-7,11-12H2,1-3H3,(H,32,34)(H,30,31,35)/t16-,39+/m1/s1. The zero-order chi connectivity index (χ0) is 29.0. The molecule has 2 N–H and O–H groups in total. The second-order valence-electron chi connectivity index (χ2n) is 9.63. The molecule has 1 fully saturated rings. The first-order valence-electron chi connectivity index (χ1n) is 11.7. The van der Waals surface area contributed by atoms with Crippen LogP contribution < -0.4 is 15.0 Å². The number of benzene rings is 1. The summed E-state index contributed by atoms with van der Waals surface area (Å²) in [5.74, 6) is -2.32. The molecule has 16 heteroatoms. The lowest BCUT2D eigenvalue weighted by Gasteiger charge is -2.38. The van der Waals surface area contributed by atoms with Crippen molar-refractivity contribution >= 4 is 44.3 Å². The number of alkyl halides is 3. The van der Waals surface area contributed by atoms with Crippen LogP contribution in [-0.2, 0) is 20.5 Å². The Balaban J connectivity index is 1.68. The minimum absolute atomic E-state index is 0.00256. The Hall–Kier alpha value is -3.46. The number of amides is 3. The first kappa shape index (κ1) is 30.1. The molecule has 3 amide bonds. The number of carbonyl (C=O) groups excluding carboxylic acids is 3.